The number of carbonyl (C=O) groups excluding carboxylic acids is 3. The second-order valence-corrected chi connectivity index (χ2v) is 7.33. The smallest absolute Gasteiger partial charge is 0.411 e. The van der Waals surface area contributed by atoms with Crippen LogP contribution < -0.4 is 5.32 Å². The average molecular weight is 314 g/mol. The van der Waals surface area contributed by atoms with E-state index in [0.29, 0.717) is 0 Å². The van der Waals surface area contributed by atoms with E-state index in [9.17, 15) is 14.4 Å². The Balaban J connectivity index is 2.75. The molecule has 1 saturated heterocycles. The maximum absolute atomic E-state index is 12.2. The Hall–Kier alpha value is -1.79. The number of likely N-dealkylation sites (tertiary alicyclic amines) is 1. The first-order valence-corrected chi connectivity index (χ1v) is 7.38. The van der Waals surface area contributed by atoms with Crippen molar-refractivity contribution in [1.82, 2.24) is 10.2 Å². The molecule has 0 saturated carbocycles. The summed E-state index contributed by atoms with van der Waals surface area (Å²) in [6, 6.07) is 0. The van der Waals surface area contributed by atoms with Gasteiger partial charge < -0.3 is 14.8 Å². The summed E-state index contributed by atoms with van der Waals surface area (Å²) in [6.45, 7) is 10.7. The van der Waals surface area contributed by atoms with E-state index in [2.05, 4.69) is 5.32 Å². The molecule has 126 valence electrons. The third kappa shape index (κ3) is 6.32. The van der Waals surface area contributed by atoms with Gasteiger partial charge in [0.25, 0.3) is 0 Å². The lowest BCUT2D eigenvalue weighted by Crippen LogP contribution is -2.56. The molecule has 7 heteroatoms. The number of carbonyl (C=O) groups is 3. The van der Waals surface area contributed by atoms with E-state index in [1.165, 1.54) is 4.90 Å². The normalized spacial score (nSPS) is 19.6. The average Bonchev–Trinajstić information content (AvgIpc) is 2.23. The van der Waals surface area contributed by atoms with Crippen LogP contribution in [0.4, 0.5) is 9.59 Å². The molecule has 1 unspecified atom stereocenters. The first-order valence-electron chi connectivity index (χ1n) is 7.38. The van der Waals surface area contributed by atoms with Crippen LogP contribution in [-0.2, 0) is 14.3 Å². The van der Waals surface area contributed by atoms with Crippen molar-refractivity contribution in [1.29, 1.82) is 0 Å². The molecule has 0 bridgehead atoms. The minimum atomic E-state index is -0.744. The first kappa shape index (κ1) is 18.3. The zero-order valence-corrected chi connectivity index (χ0v) is 14.2. The summed E-state index contributed by atoms with van der Waals surface area (Å²) < 4.78 is 10.5. The number of amides is 2. The highest BCUT2D eigenvalue weighted by atomic mass is 16.6. The van der Waals surface area contributed by atoms with Crippen LogP contribution in [0.15, 0.2) is 0 Å². The summed E-state index contributed by atoms with van der Waals surface area (Å²) in [5.41, 5.74) is -1.30. The molecule has 0 radical (unpaired) electrons. The molecule has 0 spiro atoms. The van der Waals surface area contributed by atoms with Crippen LogP contribution in [0.5, 0.6) is 0 Å². The van der Waals surface area contributed by atoms with E-state index in [1.807, 2.05) is 0 Å². The first-order chi connectivity index (χ1) is 9.87. The number of hydrogen-bond acceptors (Lipinski definition) is 5. The fourth-order valence-electron chi connectivity index (χ4n) is 1.94. The molecule has 1 atom stereocenters. The Morgan fingerprint density at radius 1 is 1.09 bits per heavy atom. The number of ether oxygens (including phenoxy) is 2. The maximum atomic E-state index is 12.2. The lowest BCUT2D eigenvalue weighted by molar-refractivity contribution is -0.123. The van der Waals surface area contributed by atoms with Gasteiger partial charge in [0.1, 0.15) is 23.2 Å². The Morgan fingerprint density at radius 2 is 1.64 bits per heavy atom. The lowest BCUT2D eigenvalue weighted by Gasteiger charge is -2.36. The van der Waals surface area contributed by atoms with Crippen LogP contribution in [0.3, 0.4) is 0 Å². The van der Waals surface area contributed by atoms with Crippen molar-refractivity contribution in [2.24, 2.45) is 0 Å². The standard InChI is InChI=1S/C15H26N2O5/c1-14(2,3)21-12(19)16-11-9-10(18)7-8-17(11)13(20)22-15(4,5)6/h11H,7-9H2,1-6H3,(H,16,19). The predicted molar refractivity (Wildman–Crippen MR) is 80.3 cm³/mol. The van der Waals surface area contributed by atoms with Crippen molar-refractivity contribution in [3.8, 4) is 0 Å². The van der Waals surface area contributed by atoms with Gasteiger partial charge >= 0.3 is 12.2 Å². The van der Waals surface area contributed by atoms with E-state index in [4.69, 9.17) is 9.47 Å². The molecule has 1 N–H and O–H groups in total. The van der Waals surface area contributed by atoms with Crippen molar-refractivity contribution in [2.45, 2.75) is 71.8 Å². The van der Waals surface area contributed by atoms with E-state index in [1.54, 1.807) is 41.5 Å². The molecule has 0 aromatic carbocycles. The highest BCUT2D eigenvalue weighted by Crippen LogP contribution is 2.18. The van der Waals surface area contributed by atoms with Gasteiger partial charge in [0.2, 0.25) is 0 Å². The Bertz CT molecular complexity index is 448. The van der Waals surface area contributed by atoms with Crippen LogP contribution in [0.25, 0.3) is 0 Å². The second kappa shape index (κ2) is 6.54. The molecule has 1 aliphatic heterocycles. The topological polar surface area (TPSA) is 84.9 Å². The number of Topliss-reactive ketones (excluding diaryl/α,β-unsaturated/α-hetero) is 1. The molecule has 22 heavy (non-hydrogen) atoms. The van der Waals surface area contributed by atoms with Crippen LogP contribution in [0.1, 0.15) is 54.4 Å². The van der Waals surface area contributed by atoms with Gasteiger partial charge in [-0.25, -0.2) is 9.59 Å². The van der Waals surface area contributed by atoms with Gasteiger partial charge in [-0.3, -0.25) is 9.69 Å². The quantitative estimate of drug-likeness (QED) is 0.803. The minimum absolute atomic E-state index is 0.0131. The fourth-order valence-corrected chi connectivity index (χ4v) is 1.94. The van der Waals surface area contributed by atoms with Gasteiger partial charge in [0, 0.05) is 19.4 Å². The van der Waals surface area contributed by atoms with Gasteiger partial charge in [-0.1, -0.05) is 0 Å². The molecular formula is C15H26N2O5. The summed E-state index contributed by atoms with van der Waals surface area (Å²) in [4.78, 5) is 37.0. The molecule has 0 aliphatic carbocycles. The van der Waals surface area contributed by atoms with Gasteiger partial charge in [-0.2, -0.15) is 0 Å². The number of nitrogens with zero attached hydrogens (tertiary/aromatic N) is 1. The molecule has 1 heterocycles. The molecule has 1 fully saturated rings. The number of hydrogen-bond donors (Lipinski definition) is 1. The van der Waals surface area contributed by atoms with Crippen LogP contribution >= 0.6 is 0 Å². The van der Waals surface area contributed by atoms with Crippen molar-refractivity contribution >= 4 is 18.0 Å². The molecule has 7 nitrogen and oxygen atoms in total. The largest absolute Gasteiger partial charge is 0.444 e. The molecule has 1 rings (SSSR count). The SMILES string of the molecule is CC(C)(C)OC(=O)NC1CC(=O)CCN1C(=O)OC(C)(C)C. The third-order valence-corrected chi connectivity index (χ3v) is 2.74. The number of piperidine rings is 1. The number of nitrogens with one attached hydrogen (secondary N) is 1. The van der Waals surface area contributed by atoms with Crippen LogP contribution in [0, 0.1) is 0 Å². The zero-order chi connectivity index (χ0) is 17.1. The Morgan fingerprint density at radius 3 is 2.14 bits per heavy atom. The summed E-state index contributed by atoms with van der Waals surface area (Å²) in [5, 5.41) is 2.57. The van der Waals surface area contributed by atoms with Crippen LogP contribution in [0.2, 0.25) is 0 Å². The number of rotatable bonds is 1. The predicted octanol–water partition coefficient (Wildman–Crippen LogP) is 2.44. The van der Waals surface area contributed by atoms with Gasteiger partial charge in [-0.15, -0.1) is 0 Å². The molecule has 0 aromatic rings. The van der Waals surface area contributed by atoms with E-state index < -0.39 is 29.6 Å². The number of ketones is 1. The van der Waals surface area contributed by atoms with Gasteiger partial charge in [-0.05, 0) is 41.5 Å². The van der Waals surface area contributed by atoms with Crippen molar-refractivity contribution in [3.63, 3.8) is 0 Å². The molecular weight excluding hydrogens is 288 g/mol. The summed E-state index contributed by atoms with van der Waals surface area (Å²) in [7, 11) is 0. The summed E-state index contributed by atoms with van der Waals surface area (Å²) >= 11 is 0. The number of alkyl carbamates (subject to hydrolysis) is 1. The van der Waals surface area contributed by atoms with E-state index >= 15 is 0 Å². The maximum Gasteiger partial charge on any atom is 0.411 e. The van der Waals surface area contributed by atoms with Crippen molar-refractivity contribution in [3.05, 3.63) is 0 Å². The minimum Gasteiger partial charge on any atom is -0.444 e. The van der Waals surface area contributed by atoms with Crippen molar-refractivity contribution < 1.29 is 23.9 Å². The second-order valence-electron chi connectivity index (χ2n) is 7.33. The monoisotopic (exact) mass is 314 g/mol. The van der Waals surface area contributed by atoms with Crippen LogP contribution in [-0.4, -0.2) is 46.8 Å². The highest BCUT2D eigenvalue weighted by molar-refractivity contribution is 5.83. The highest BCUT2D eigenvalue weighted by Gasteiger charge is 2.35. The van der Waals surface area contributed by atoms with E-state index in [-0.39, 0.29) is 25.2 Å². The fraction of sp³-hybridized carbons (Fsp3) is 0.800. The molecule has 2 amide bonds. The Labute approximate surface area is 131 Å². The van der Waals surface area contributed by atoms with E-state index in [0.717, 1.165) is 0 Å². The lowest BCUT2D eigenvalue weighted by atomic mass is 10.1. The van der Waals surface area contributed by atoms with Crippen molar-refractivity contribution in [2.75, 3.05) is 6.54 Å². The molecule has 0 aromatic heterocycles. The van der Waals surface area contributed by atoms with Gasteiger partial charge in [0.15, 0.2) is 0 Å². The molecule has 1 aliphatic rings. The summed E-state index contributed by atoms with van der Waals surface area (Å²) in [5.74, 6) is -0.0131. The van der Waals surface area contributed by atoms with Gasteiger partial charge in [0.05, 0.1) is 0 Å². The third-order valence-electron chi connectivity index (χ3n) is 2.74. The zero-order valence-electron chi connectivity index (χ0n) is 14.2. The Kier molecular flexibility index (Phi) is 5.43. The summed E-state index contributed by atoms with van der Waals surface area (Å²) in [6.07, 6.45) is -1.66.